The minimum Gasteiger partial charge on any atom is -0.322 e. The van der Waals surface area contributed by atoms with Gasteiger partial charge < -0.3 is 5.32 Å². The number of nitrogens with one attached hydrogen (secondary N) is 1. The van der Waals surface area contributed by atoms with E-state index in [2.05, 4.69) is 5.32 Å². The molecule has 0 radical (unpaired) electrons. The summed E-state index contributed by atoms with van der Waals surface area (Å²) in [5.41, 5.74) is 4.21. The zero-order valence-electron chi connectivity index (χ0n) is 15.4. The number of hydrogen-bond donors (Lipinski definition) is 1. The van der Waals surface area contributed by atoms with E-state index in [-0.39, 0.29) is 10.8 Å². The summed E-state index contributed by atoms with van der Waals surface area (Å²) in [6.45, 7) is 6.99. The molecule has 0 aliphatic carbocycles. The molecule has 1 amide bonds. The van der Waals surface area contributed by atoms with E-state index in [1.165, 1.54) is 10.4 Å². The summed E-state index contributed by atoms with van der Waals surface area (Å²) < 4.78 is 26.9. The van der Waals surface area contributed by atoms with E-state index >= 15 is 0 Å². The van der Waals surface area contributed by atoms with Crippen molar-refractivity contribution < 1.29 is 13.2 Å². The van der Waals surface area contributed by atoms with E-state index < -0.39 is 10.0 Å². The Morgan fingerprint density at radius 3 is 2.23 bits per heavy atom. The van der Waals surface area contributed by atoms with E-state index in [0.29, 0.717) is 18.7 Å². The lowest BCUT2D eigenvalue weighted by atomic mass is 10.0. The van der Waals surface area contributed by atoms with Crippen LogP contribution in [0.4, 0.5) is 5.69 Å². The van der Waals surface area contributed by atoms with Crippen LogP contribution in [0.25, 0.3) is 0 Å². The lowest BCUT2D eigenvalue weighted by Crippen LogP contribution is -2.28. The van der Waals surface area contributed by atoms with Crippen molar-refractivity contribution in [3.63, 3.8) is 0 Å². The molecule has 1 aliphatic rings. The van der Waals surface area contributed by atoms with Crippen molar-refractivity contribution in [1.29, 1.82) is 0 Å². The maximum absolute atomic E-state index is 12.7. The number of carbonyl (C=O) groups is 1. The van der Waals surface area contributed by atoms with Crippen molar-refractivity contribution in [3.05, 3.63) is 58.7 Å². The molecule has 2 aromatic carbocycles. The molecule has 138 valence electrons. The van der Waals surface area contributed by atoms with E-state index in [1.807, 2.05) is 32.9 Å². The first-order chi connectivity index (χ1) is 12.3. The monoisotopic (exact) mass is 372 g/mol. The molecule has 0 atom stereocenters. The van der Waals surface area contributed by atoms with Crippen molar-refractivity contribution in [1.82, 2.24) is 4.31 Å². The summed E-state index contributed by atoms with van der Waals surface area (Å²) in [5, 5.41) is 2.92. The van der Waals surface area contributed by atoms with Gasteiger partial charge in [-0.05, 0) is 62.9 Å². The fourth-order valence-corrected chi connectivity index (χ4v) is 5.00. The third-order valence-electron chi connectivity index (χ3n) is 4.71. The van der Waals surface area contributed by atoms with Gasteiger partial charge in [-0.1, -0.05) is 23.8 Å². The van der Waals surface area contributed by atoms with Gasteiger partial charge in [0.05, 0.1) is 4.90 Å². The summed E-state index contributed by atoms with van der Waals surface area (Å²) in [5.74, 6) is -0.307. The molecule has 1 N–H and O–H groups in total. The number of aryl methyl sites for hydroxylation is 3. The average molecular weight is 372 g/mol. The van der Waals surface area contributed by atoms with E-state index in [4.69, 9.17) is 0 Å². The predicted molar refractivity (Wildman–Crippen MR) is 103 cm³/mol. The van der Waals surface area contributed by atoms with Gasteiger partial charge >= 0.3 is 0 Å². The van der Waals surface area contributed by atoms with Gasteiger partial charge in [-0.25, -0.2) is 8.42 Å². The van der Waals surface area contributed by atoms with Gasteiger partial charge in [0, 0.05) is 24.3 Å². The maximum atomic E-state index is 12.7. The van der Waals surface area contributed by atoms with Crippen molar-refractivity contribution in [3.8, 4) is 0 Å². The highest BCUT2D eigenvalue weighted by Crippen LogP contribution is 2.24. The van der Waals surface area contributed by atoms with Gasteiger partial charge in [-0.3, -0.25) is 4.79 Å². The molecule has 6 heteroatoms. The fourth-order valence-electron chi connectivity index (χ4n) is 3.44. The predicted octanol–water partition coefficient (Wildman–Crippen LogP) is 3.65. The van der Waals surface area contributed by atoms with Crippen LogP contribution in [-0.4, -0.2) is 31.7 Å². The molecule has 0 spiro atoms. The number of benzene rings is 2. The third kappa shape index (κ3) is 3.66. The lowest BCUT2D eigenvalue weighted by molar-refractivity contribution is 0.102. The molecular formula is C20H24N2O3S. The number of rotatable bonds is 4. The maximum Gasteiger partial charge on any atom is 0.255 e. The highest BCUT2D eigenvalue weighted by atomic mass is 32.2. The fraction of sp³-hybridized carbons (Fsp3) is 0.350. The molecule has 1 aliphatic heterocycles. The van der Waals surface area contributed by atoms with Crippen LogP contribution in [0.2, 0.25) is 0 Å². The zero-order valence-corrected chi connectivity index (χ0v) is 16.2. The second kappa shape index (κ2) is 7.21. The van der Waals surface area contributed by atoms with Crippen molar-refractivity contribution in [2.45, 2.75) is 38.5 Å². The SMILES string of the molecule is Cc1cc(C)c(NC(=O)c2cccc(S(=O)(=O)N3CCCC3)c2)c(C)c1. The van der Waals surface area contributed by atoms with Crippen LogP contribution in [-0.2, 0) is 10.0 Å². The van der Waals surface area contributed by atoms with Gasteiger partial charge in [0.25, 0.3) is 5.91 Å². The summed E-state index contributed by atoms with van der Waals surface area (Å²) in [4.78, 5) is 12.9. The highest BCUT2D eigenvalue weighted by Gasteiger charge is 2.27. The van der Waals surface area contributed by atoms with Crippen molar-refractivity contribution >= 4 is 21.6 Å². The second-order valence-electron chi connectivity index (χ2n) is 6.87. The van der Waals surface area contributed by atoms with Crippen LogP contribution < -0.4 is 5.32 Å². The quantitative estimate of drug-likeness (QED) is 0.891. The summed E-state index contributed by atoms with van der Waals surface area (Å²) in [6, 6.07) is 10.3. The van der Waals surface area contributed by atoms with Crippen molar-refractivity contribution in [2.75, 3.05) is 18.4 Å². The molecule has 0 aromatic heterocycles. The highest BCUT2D eigenvalue weighted by molar-refractivity contribution is 7.89. The molecule has 26 heavy (non-hydrogen) atoms. The first-order valence-electron chi connectivity index (χ1n) is 8.78. The largest absolute Gasteiger partial charge is 0.322 e. The Kier molecular flexibility index (Phi) is 5.16. The first-order valence-corrected chi connectivity index (χ1v) is 10.2. The van der Waals surface area contributed by atoms with Gasteiger partial charge in [-0.2, -0.15) is 4.31 Å². The Hall–Kier alpha value is -2.18. The molecule has 1 fully saturated rings. The Morgan fingerprint density at radius 1 is 1.00 bits per heavy atom. The molecular weight excluding hydrogens is 348 g/mol. The standard InChI is InChI=1S/C20H24N2O3S/c1-14-11-15(2)19(16(3)12-14)21-20(23)17-7-6-8-18(13-17)26(24,25)22-9-4-5-10-22/h6-8,11-13H,4-5,9-10H2,1-3H3,(H,21,23). The number of carbonyl (C=O) groups excluding carboxylic acids is 1. The number of amides is 1. The first kappa shape index (κ1) is 18.6. The zero-order chi connectivity index (χ0) is 18.9. The Morgan fingerprint density at radius 2 is 1.62 bits per heavy atom. The lowest BCUT2D eigenvalue weighted by Gasteiger charge is -2.16. The van der Waals surface area contributed by atoms with E-state index in [0.717, 1.165) is 35.2 Å². The second-order valence-corrected chi connectivity index (χ2v) is 8.80. The molecule has 3 rings (SSSR count). The van der Waals surface area contributed by atoms with E-state index in [9.17, 15) is 13.2 Å². The molecule has 5 nitrogen and oxygen atoms in total. The number of sulfonamides is 1. The minimum atomic E-state index is -3.54. The number of nitrogens with zero attached hydrogens (tertiary/aromatic N) is 1. The van der Waals surface area contributed by atoms with Gasteiger partial charge in [-0.15, -0.1) is 0 Å². The van der Waals surface area contributed by atoms with Crippen LogP contribution in [0.1, 0.15) is 39.9 Å². The van der Waals surface area contributed by atoms with Gasteiger partial charge in [0.2, 0.25) is 10.0 Å². The summed E-state index contributed by atoms with van der Waals surface area (Å²) in [7, 11) is -3.54. The van der Waals surface area contributed by atoms with Crippen molar-refractivity contribution in [2.24, 2.45) is 0 Å². The molecule has 1 saturated heterocycles. The normalized spacial score (nSPS) is 15.2. The summed E-state index contributed by atoms with van der Waals surface area (Å²) in [6.07, 6.45) is 1.76. The molecule has 0 unspecified atom stereocenters. The molecule has 0 bridgehead atoms. The third-order valence-corrected chi connectivity index (χ3v) is 6.61. The van der Waals surface area contributed by atoms with Gasteiger partial charge in [0.1, 0.15) is 0 Å². The van der Waals surface area contributed by atoms with Crippen LogP contribution in [0.3, 0.4) is 0 Å². The Bertz CT molecular complexity index is 922. The van der Waals surface area contributed by atoms with Crippen LogP contribution >= 0.6 is 0 Å². The Labute approximate surface area is 155 Å². The Balaban J connectivity index is 1.88. The van der Waals surface area contributed by atoms with Crippen LogP contribution in [0.15, 0.2) is 41.3 Å². The molecule has 1 heterocycles. The minimum absolute atomic E-state index is 0.171. The molecule has 2 aromatic rings. The van der Waals surface area contributed by atoms with E-state index in [1.54, 1.807) is 18.2 Å². The average Bonchev–Trinajstić information content (AvgIpc) is 3.13. The van der Waals surface area contributed by atoms with Crippen LogP contribution in [0, 0.1) is 20.8 Å². The molecule has 0 saturated carbocycles. The van der Waals surface area contributed by atoms with Gasteiger partial charge in [0.15, 0.2) is 0 Å². The summed E-state index contributed by atoms with van der Waals surface area (Å²) >= 11 is 0. The topological polar surface area (TPSA) is 66.5 Å². The van der Waals surface area contributed by atoms with Crippen LogP contribution in [0.5, 0.6) is 0 Å². The smallest absolute Gasteiger partial charge is 0.255 e. The number of anilines is 1. The number of hydrogen-bond acceptors (Lipinski definition) is 3.